The molecule has 0 saturated carbocycles. The van der Waals surface area contributed by atoms with Crippen LogP contribution in [0, 0.1) is 0 Å². The summed E-state index contributed by atoms with van der Waals surface area (Å²) < 4.78 is 29.3. The molecule has 1 fully saturated rings. The van der Waals surface area contributed by atoms with E-state index >= 15 is 0 Å². The average Bonchev–Trinajstić information content (AvgIpc) is 2.21. The van der Waals surface area contributed by atoms with Crippen molar-refractivity contribution < 1.29 is 26.3 Å². The molecule has 0 spiro atoms. The summed E-state index contributed by atoms with van der Waals surface area (Å²) >= 11 is 0. The van der Waals surface area contributed by atoms with Gasteiger partial charge in [0.1, 0.15) is 0 Å². The molecule has 1 N–H and O–H groups in total. The van der Waals surface area contributed by atoms with Gasteiger partial charge >= 0.3 is 8.56 Å². The van der Waals surface area contributed by atoms with Crippen LogP contribution in [0.15, 0.2) is 0 Å². The molecule has 0 amide bonds. The molecule has 1 rings (SSSR count). The van der Waals surface area contributed by atoms with Crippen LogP contribution in [-0.2, 0) is 21.2 Å². The topological polar surface area (TPSA) is 66.4 Å². The molecule has 0 aliphatic carbocycles. The van der Waals surface area contributed by atoms with Crippen molar-refractivity contribution >= 4 is 36.4 Å². The molecule has 0 aromatic carbocycles. The molecule has 1 aliphatic rings. The highest BCUT2D eigenvalue weighted by Gasteiger charge is 2.39. The van der Waals surface area contributed by atoms with Crippen molar-refractivity contribution in [3.63, 3.8) is 0 Å². The van der Waals surface area contributed by atoms with Gasteiger partial charge in [0.15, 0.2) is 0 Å². The van der Waals surface area contributed by atoms with E-state index in [4.69, 9.17) is 26.3 Å². The van der Waals surface area contributed by atoms with E-state index < -0.39 is 42.5 Å². The van der Waals surface area contributed by atoms with Gasteiger partial charge in [-0.2, -0.15) is 0 Å². The first kappa shape index (κ1) is 17.7. The van der Waals surface area contributed by atoms with Gasteiger partial charge in [-0.3, -0.25) is 0 Å². The normalized spacial score (nSPS) is 38.5. The number of aliphatic hydroxyl groups is 1. The first-order chi connectivity index (χ1) is 8.81. The van der Waals surface area contributed by atoms with E-state index in [1.54, 1.807) is 6.92 Å². The molecule has 0 aromatic heterocycles. The van der Waals surface area contributed by atoms with E-state index in [1.807, 2.05) is 19.6 Å². The van der Waals surface area contributed by atoms with Crippen LogP contribution in [0.4, 0.5) is 0 Å². The van der Waals surface area contributed by atoms with Crippen molar-refractivity contribution in [3.8, 4) is 0 Å². The summed E-state index contributed by atoms with van der Waals surface area (Å²) in [4.78, 5) is 0. The Morgan fingerprint density at radius 2 is 1.63 bits per heavy atom. The summed E-state index contributed by atoms with van der Waals surface area (Å²) in [5.74, 6) is 0. The lowest BCUT2D eigenvalue weighted by atomic mass is 10.4. The van der Waals surface area contributed by atoms with Gasteiger partial charge in [0.05, 0.1) is 12.7 Å². The Kier molecular flexibility index (Phi) is 7.60. The van der Waals surface area contributed by atoms with Gasteiger partial charge in [-0.15, -0.1) is 0 Å². The predicted molar refractivity (Wildman–Crippen MR) is 82.3 cm³/mol. The minimum Gasteiger partial charge on any atom is -0.420 e. The number of ether oxygens (including phenoxy) is 1. The second-order valence-corrected chi connectivity index (χ2v) is 15.3. The Hall–Kier alpha value is 0.628. The van der Waals surface area contributed by atoms with Gasteiger partial charge in [0.25, 0.3) is 27.9 Å². The summed E-state index contributed by atoms with van der Waals surface area (Å²) in [5, 5.41) is 9.15. The van der Waals surface area contributed by atoms with Crippen LogP contribution in [0.3, 0.4) is 0 Å². The second-order valence-electron chi connectivity index (χ2n) is 5.02. The number of hydrogen-bond donors (Lipinski definition) is 1. The Labute approximate surface area is 121 Å². The molecule has 1 saturated heterocycles. The second kappa shape index (κ2) is 8.16. The van der Waals surface area contributed by atoms with E-state index in [0.717, 1.165) is 6.04 Å². The quantitative estimate of drug-likeness (QED) is 0.564. The van der Waals surface area contributed by atoms with Crippen molar-refractivity contribution in [1.29, 1.82) is 0 Å². The molecule has 114 valence electrons. The van der Waals surface area contributed by atoms with Gasteiger partial charge < -0.3 is 26.3 Å². The number of aliphatic hydroxyl groups excluding tert-OH is 1. The highest BCUT2D eigenvalue weighted by atomic mass is 28.5. The minimum atomic E-state index is -2.26. The molecule has 0 radical (unpaired) electrons. The monoisotopic (exact) mass is 342 g/mol. The van der Waals surface area contributed by atoms with Gasteiger partial charge in [0, 0.05) is 12.7 Å². The largest absolute Gasteiger partial charge is 0.420 e. The molecular weight excluding hydrogens is 316 g/mol. The van der Waals surface area contributed by atoms with Crippen molar-refractivity contribution in [2.45, 2.75) is 45.3 Å². The molecule has 1 heterocycles. The zero-order valence-electron chi connectivity index (χ0n) is 12.4. The maximum absolute atomic E-state index is 9.15. The molecule has 3 atom stereocenters. The predicted octanol–water partition coefficient (Wildman–Crippen LogP) is 0.0867. The molecule has 0 bridgehead atoms. The smallest absolute Gasteiger partial charge is 0.319 e. The third-order valence-corrected chi connectivity index (χ3v) is 16.5. The van der Waals surface area contributed by atoms with Gasteiger partial charge in [-0.1, -0.05) is 0 Å². The summed E-state index contributed by atoms with van der Waals surface area (Å²) in [6, 6.07) is 0.747. The maximum Gasteiger partial charge on any atom is 0.319 e. The van der Waals surface area contributed by atoms with Crippen LogP contribution in [-0.4, -0.2) is 60.8 Å². The fourth-order valence-corrected chi connectivity index (χ4v) is 16.4. The number of rotatable bonds is 5. The molecule has 3 unspecified atom stereocenters. The van der Waals surface area contributed by atoms with Crippen molar-refractivity contribution in [2.75, 3.05) is 13.2 Å². The summed E-state index contributed by atoms with van der Waals surface area (Å²) in [5.41, 5.74) is 0. The Balaban J connectivity index is 2.46. The van der Waals surface area contributed by atoms with E-state index in [9.17, 15) is 0 Å². The Morgan fingerprint density at radius 3 is 2.11 bits per heavy atom. The zero-order chi connectivity index (χ0) is 14.5. The zero-order valence-corrected chi connectivity index (χ0v) is 16.9. The summed E-state index contributed by atoms with van der Waals surface area (Å²) in [6.07, 6.45) is -0.436. The van der Waals surface area contributed by atoms with Crippen molar-refractivity contribution in [2.24, 2.45) is 0 Å². The maximum atomic E-state index is 9.15. The molecule has 10 heteroatoms. The Morgan fingerprint density at radius 1 is 1.11 bits per heavy atom. The lowest BCUT2D eigenvalue weighted by Gasteiger charge is -2.37. The van der Waals surface area contributed by atoms with Gasteiger partial charge in [-0.25, -0.2) is 0 Å². The third-order valence-electron chi connectivity index (χ3n) is 2.66. The van der Waals surface area contributed by atoms with E-state index in [1.165, 1.54) is 0 Å². The standard InChI is InChI=1S/C9H26O6Si4/c1-9(10)8-11-6-7-19(5)14-17(3)12-16(2)13-18(4)15-19/h9-10,16-18H,6-8H2,1-5H3. The summed E-state index contributed by atoms with van der Waals surface area (Å²) in [7, 11) is -7.13. The minimum absolute atomic E-state index is 0.349. The first-order valence-electron chi connectivity index (χ1n) is 6.73. The molecule has 6 nitrogen and oxygen atoms in total. The lowest BCUT2D eigenvalue weighted by Crippen LogP contribution is -2.53. The van der Waals surface area contributed by atoms with Crippen LogP contribution in [0.25, 0.3) is 0 Å². The fourth-order valence-electron chi connectivity index (χ4n) is 1.99. The highest BCUT2D eigenvalue weighted by molar-refractivity contribution is 6.81. The molecular formula is C9H26O6Si4. The van der Waals surface area contributed by atoms with Crippen molar-refractivity contribution in [1.82, 2.24) is 0 Å². The molecule has 19 heavy (non-hydrogen) atoms. The van der Waals surface area contributed by atoms with Gasteiger partial charge in [-0.05, 0) is 33.1 Å². The average molecular weight is 343 g/mol. The van der Waals surface area contributed by atoms with E-state index in [2.05, 4.69) is 6.55 Å². The molecule has 0 aromatic rings. The highest BCUT2D eigenvalue weighted by Crippen LogP contribution is 2.20. The van der Waals surface area contributed by atoms with Crippen molar-refractivity contribution in [3.05, 3.63) is 0 Å². The molecule has 1 aliphatic heterocycles. The number of hydrogen-bond acceptors (Lipinski definition) is 6. The lowest BCUT2D eigenvalue weighted by molar-refractivity contribution is 0.0504. The van der Waals surface area contributed by atoms with Crippen LogP contribution >= 0.6 is 0 Å². The Bertz CT molecular complexity index is 255. The van der Waals surface area contributed by atoms with Crippen LogP contribution in [0.5, 0.6) is 0 Å². The van der Waals surface area contributed by atoms with E-state index in [0.29, 0.717) is 13.2 Å². The SMILES string of the molecule is CC(O)COCC[Si]1(C)O[SiH](C)O[SiH](C)O[SiH](C)O1. The third kappa shape index (κ3) is 7.26. The van der Waals surface area contributed by atoms with Crippen LogP contribution in [0.2, 0.25) is 32.2 Å². The van der Waals surface area contributed by atoms with Crippen LogP contribution < -0.4 is 0 Å². The van der Waals surface area contributed by atoms with Crippen LogP contribution in [0.1, 0.15) is 6.92 Å². The fraction of sp³-hybridized carbons (Fsp3) is 1.00. The summed E-state index contributed by atoms with van der Waals surface area (Å²) in [6.45, 7) is 10.7. The van der Waals surface area contributed by atoms with Gasteiger partial charge in [0.2, 0.25) is 0 Å². The van der Waals surface area contributed by atoms with E-state index in [-0.39, 0.29) is 0 Å². The first-order valence-corrected chi connectivity index (χ1v) is 15.5.